The number of aromatic nitrogens is 1. The molecule has 10 heteroatoms. The van der Waals surface area contributed by atoms with Crippen LogP contribution in [0, 0.1) is 0 Å². The summed E-state index contributed by atoms with van der Waals surface area (Å²) < 4.78 is 5.39. The molecule has 4 rings (SSSR count). The highest BCUT2D eigenvalue weighted by molar-refractivity contribution is 5.91. The predicted molar refractivity (Wildman–Crippen MR) is 135 cm³/mol. The maximum Gasteiger partial charge on any atom is 0.338 e. The molecular weight excluding hydrogens is 460 g/mol. The van der Waals surface area contributed by atoms with Gasteiger partial charge < -0.3 is 21.1 Å². The van der Waals surface area contributed by atoms with Gasteiger partial charge in [0.2, 0.25) is 0 Å². The lowest BCUT2D eigenvalue weighted by Gasteiger charge is -2.30. The molecule has 0 atom stereocenters. The summed E-state index contributed by atoms with van der Waals surface area (Å²) >= 11 is 0. The number of nitrogen functional groups attached to an aromatic ring is 1. The lowest BCUT2D eigenvalue weighted by Crippen LogP contribution is -2.48. The molecule has 0 unspecified atom stereocenters. The average Bonchev–Trinajstić information content (AvgIpc) is 3.41. The van der Waals surface area contributed by atoms with Gasteiger partial charge >= 0.3 is 12.0 Å². The molecule has 0 spiro atoms. The first-order valence-electron chi connectivity index (χ1n) is 11.6. The standard InChI is InChI=1S/C26H28N6O4/c27-22-9-7-19(8-10-22)16-29-26(35)30-17-24(33)32-13-3-12-31(32)23-6-1-5-21(14-23)25(34)36-18-20-4-2-11-28-15-20/h1-2,4-11,14-15H,3,12-13,16-18,27H2,(H2,29,30,35). The SMILES string of the molecule is Nc1ccc(CNC(=O)NCC(=O)N2CCCN2c2cccc(C(=O)OCc3cccnc3)c2)cc1. The maximum atomic E-state index is 12.9. The number of ether oxygens (including phenoxy) is 1. The minimum atomic E-state index is -0.461. The van der Waals surface area contributed by atoms with Crippen molar-refractivity contribution in [2.75, 3.05) is 30.4 Å². The van der Waals surface area contributed by atoms with Gasteiger partial charge in [-0.1, -0.05) is 24.3 Å². The Hall–Kier alpha value is -4.60. The Labute approximate surface area is 209 Å². The number of amides is 3. The molecule has 3 amide bonds. The van der Waals surface area contributed by atoms with Crippen LogP contribution >= 0.6 is 0 Å². The summed E-state index contributed by atoms with van der Waals surface area (Å²) in [6.07, 6.45) is 4.07. The van der Waals surface area contributed by atoms with Gasteiger partial charge in [0, 0.05) is 43.3 Å². The van der Waals surface area contributed by atoms with Crippen molar-refractivity contribution >= 4 is 29.3 Å². The molecule has 1 aromatic heterocycles. The van der Waals surface area contributed by atoms with Crippen molar-refractivity contribution < 1.29 is 19.1 Å². The van der Waals surface area contributed by atoms with E-state index in [1.165, 1.54) is 0 Å². The number of hydrogen-bond donors (Lipinski definition) is 3. The number of benzene rings is 2. The predicted octanol–water partition coefficient (Wildman–Crippen LogP) is 2.47. The van der Waals surface area contributed by atoms with Gasteiger partial charge in [-0.2, -0.15) is 0 Å². The highest BCUT2D eigenvalue weighted by atomic mass is 16.5. The van der Waals surface area contributed by atoms with Gasteiger partial charge in [0.15, 0.2) is 0 Å². The molecule has 0 aliphatic carbocycles. The van der Waals surface area contributed by atoms with Crippen LogP contribution in [0.15, 0.2) is 73.1 Å². The molecule has 2 aromatic carbocycles. The number of esters is 1. The Kier molecular flexibility index (Phi) is 7.97. The second-order valence-electron chi connectivity index (χ2n) is 8.26. The Balaban J connectivity index is 1.30. The normalized spacial score (nSPS) is 12.8. The topological polar surface area (TPSA) is 130 Å². The third kappa shape index (κ3) is 6.50. The van der Waals surface area contributed by atoms with Crippen molar-refractivity contribution in [1.82, 2.24) is 20.6 Å². The molecule has 186 valence electrons. The smallest absolute Gasteiger partial charge is 0.338 e. The number of carbonyl (C=O) groups is 3. The first-order valence-corrected chi connectivity index (χ1v) is 11.6. The molecule has 0 bridgehead atoms. The minimum absolute atomic E-state index is 0.122. The van der Waals surface area contributed by atoms with Crippen LogP contribution in [0.3, 0.4) is 0 Å². The largest absolute Gasteiger partial charge is 0.457 e. The highest BCUT2D eigenvalue weighted by Gasteiger charge is 2.27. The van der Waals surface area contributed by atoms with Gasteiger partial charge in [-0.15, -0.1) is 0 Å². The van der Waals surface area contributed by atoms with Crippen molar-refractivity contribution in [1.29, 1.82) is 0 Å². The van der Waals surface area contributed by atoms with E-state index in [9.17, 15) is 14.4 Å². The zero-order valence-electron chi connectivity index (χ0n) is 19.7. The van der Waals surface area contributed by atoms with E-state index in [1.807, 2.05) is 29.3 Å². The van der Waals surface area contributed by atoms with E-state index in [0.717, 1.165) is 17.5 Å². The van der Waals surface area contributed by atoms with Crippen LogP contribution in [0.5, 0.6) is 0 Å². The molecule has 36 heavy (non-hydrogen) atoms. The lowest BCUT2D eigenvalue weighted by atomic mass is 10.2. The molecule has 10 nitrogen and oxygen atoms in total. The third-order valence-corrected chi connectivity index (χ3v) is 5.62. The lowest BCUT2D eigenvalue weighted by molar-refractivity contribution is -0.129. The Bertz CT molecular complexity index is 1200. The molecular formula is C26H28N6O4. The van der Waals surface area contributed by atoms with Crippen LogP contribution in [0.1, 0.15) is 27.9 Å². The molecule has 0 radical (unpaired) electrons. The van der Waals surface area contributed by atoms with E-state index in [-0.39, 0.29) is 19.1 Å². The molecule has 0 saturated carbocycles. The monoisotopic (exact) mass is 488 g/mol. The summed E-state index contributed by atoms with van der Waals surface area (Å²) in [5.74, 6) is -0.711. The first kappa shape index (κ1) is 24.5. The molecule has 1 fully saturated rings. The molecule has 4 N–H and O–H groups in total. The number of nitrogens with zero attached hydrogens (tertiary/aromatic N) is 3. The van der Waals surface area contributed by atoms with E-state index in [1.54, 1.807) is 53.8 Å². The molecule has 2 heterocycles. The van der Waals surface area contributed by atoms with Crippen LogP contribution < -0.4 is 21.4 Å². The number of hydrazine groups is 1. The van der Waals surface area contributed by atoms with Crippen LogP contribution in [0.25, 0.3) is 0 Å². The third-order valence-electron chi connectivity index (χ3n) is 5.62. The van der Waals surface area contributed by atoms with E-state index in [2.05, 4.69) is 15.6 Å². The van der Waals surface area contributed by atoms with Gasteiger partial charge in [-0.05, 0) is 48.4 Å². The zero-order valence-corrected chi connectivity index (χ0v) is 19.7. The Morgan fingerprint density at radius 1 is 0.972 bits per heavy atom. The highest BCUT2D eigenvalue weighted by Crippen LogP contribution is 2.23. The second kappa shape index (κ2) is 11.7. The fourth-order valence-corrected chi connectivity index (χ4v) is 3.78. The fourth-order valence-electron chi connectivity index (χ4n) is 3.78. The molecule has 1 aliphatic rings. The van der Waals surface area contributed by atoms with Crippen LogP contribution in [-0.4, -0.2) is 47.5 Å². The van der Waals surface area contributed by atoms with Crippen molar-refractivity contribution in [2.24, 2.45) is 0 Å². The number of urea groups is 1. The van der Waals surface area contributed by atoms with Gasteiger partial charge in [0.25, 0.3) is 5.91 Å². The zero-order chi connectivity index (χ0) is 25.3. The number of rotatable bonds is 8. The summed E-state index contributed by atoms with van der Waals surface area (Å²) in [6.45, 7) is 1.42. The van der Waals surface area contributed by atoms with Crippen molar-refractivity contribution in [2.45, 2.75) is 19.6 Å². The van der Waals surface area contributed by atoms with Crippen LogP contribution in [-0.2, 0) is 22.7 Å². The van der Waals surface area contributed by atoms with Crippen molar-refractivity contribution in [3.05, 3.63) is 89.7 Å². The number of nitrogens with one attached hydrogen (secondary N) is 2. The molecule has 1 saturated heterocycles. The quantitative estimate of drug-likeness (QED) is 0.328. The second-order valence-corrected chi connectivity index (χ2v) is 8.26. The summed E-state index contributed by atoms with van der Waals surface area (Å²) in [5.41, 5.74) is 9.09. The van der Waals surface area contributed by atoms with Crippen molar-refractivity contribution in [3.63, 3.8) is 0 Å². The first-order chi connectivity index (χ1) is 17.5. The number of pyridine rings is 1. The summed E-state index contributed by atoms with van der Waals surface area (Å²) in [4.78, 5) is 41.6. The summed E-state index contributed by atoms with van der Waals surface area (Å²) in [7, 11) is 0. The Morgan fingerprint density at radius 3 is 2.58 bits per heavy atom. The number of anilines is 2. The van der Waals surface area contributed by atoms with Gasteiger partial charge in [0.05, 0.1) is 11.3 Å². The van der Waals surface area contributed by atoms with E-state index in [0.29, 0.717) is 36.6 Å². The summed E-state index contributed by atoms with van der Waals surface area (Å²) in [5, 5.41) is 8.72. The van der Waals surface area contributed by atoms with E-state index in [4.69, 9.17) is 10.5 Å². The van der Waals surface area contributed by atoms with E-state index >= 15 is 0 Å². The summed E-state index contributed by atoms with van der Waals surface area (Å²) in [6, 6.07) is 17.3. The minimum Gasteiger partial charge on any atom is -0.457 e. The van der Waals surface area contributed by atoms with Crippen LogP contribution in [0.4, 0.5) is 16.2 Å². The average molecular weight is 489 g/mol. The van der Waals surface area contributed by atoms with Crippen molar-refractivity contribution in [3.8, 4) is 0 Å². The van der Waals surface area contributed by atoms with Crippen LogP contribution in [0.2, 0.25) is 0 Å². The van der Waals surface area contributed by atoms with Gasteiger partial charge in [-0.25, -0.2) is 9.59 Å². The fraction of sp³-hybridized carbons (Fsp3) is 0.231. The number of carbonyl (C=O) groups excluding carboxylic acids is 3. The van der Waals surface area contributed by atoms with E-state index < -0.39 is 12.0 Å². The number of hydrogen-bond acceptors (Lipinski definition) is 7. The maximum absolute atomic E-state index is 12.9. The molecule has 3 aromatic rings. The number of nitrogens with two attached hydrogens (primary N) is 1. The van der Waals surface area contributed by atoms with Gasteiger partial charge in [-0.3, -0.25) is 19.8 Å². The Morgan fingerprint density at radius 2 is 1.81 bits per heavy atom. The molecule has 1 aliphatic heterocycles. The van der Waals surface area contributed by atoms with Gasteiger partial charge in [0.1, 0.15) is 13.2 Å².